The van der Waals surface area contributed by atoms with Crippen LogP contribution in [0, 0.1) is 11.8 Å². The summed E-state index contributed by atoms with van der Waals surface area (Å²) in [6.07, 6.45) is 4.26. The number of nitrogens with zero attached hydrogens (tertiary/aromatic N) is 2. The van der Waals surface area contributed by atoms with E-state index in [-0.39, 0.29) is 5.91 Å². The molecule has 1 aliphatic heterocycles. The molecule has 0 radical (unpaired) electrons. The first-order chi connectivity index (χ1) is 9.43. The molecule has 4 heteroatoms. The van der Waals surface area contributed by atoms with Gasteiger partial charge in [0.05, 0.1) is 0 Å². The van der Waals surface area contributed by atoms with Gasteiger partial charge in [-0.2, -0.15) is 0 Å². The van der Waals surface area contributed by atoms with Crippen LogP contribution in [0.25, 0.3) is 0 Å². The van der Waals surface area contributed by atoms with Gasteiger partial charge in [0, 0.05) is 29.8 Å². The molecule has 1 aromatic rings. The molecule has 0 N–H and O–H groups in total. The van der Waals surface area contributed by atoms with Gasteiger partial charge in [0.2, 0.25) is 0 Å². The summed E-state index contributed by atoms with van der Waals surface area (Å²) in [6.45, 7) is 10.6. The van der Waals surface area contributed by atoms with Gasteiger partial charge in [0.1, 0.15) is 5.69 Å². The summed E-state index contributed by atoms with van der Waals surface area (Å²) in [7, 11) is 0. The van der Waals surface area contributed by atoms with Crippen LogP contribution in [0.5, 0.6) is 0 Å². The Bertz CT molecular complexity index is 483. The van der Waals surface area contributed by atoms with Crippen LogP contribution in [0.1, 0.15) is 51.0 Å². The maximum Gasteiger partial charge on any atom is 0.270 e. The number of halogens is 1. The molecule has 3 nitrogen and oxygen atoms in total. The molecule has 0 aliphatic carbocycles. The topological polar surface area (TPSA) is 25.2 Å². The lowest BCUT2D eigenvalue weighted by Crippen LogP contribution is -2.49. The summed E-state index contributed by atoms with van der Waals surface area (Å²) in [6, 6.07) is 2.27. The molecule has 3 unspecified atom stereocenters. The molecule has 1 aliphatic rings. The third kappa shape index (κ3) is 3.11. The molecule has 0 spiro atoms. The molecule has 2 rings (SSSR count). The van der Waals surface area contributed by atoms with Crippen LogP contribution < -0.4 is 0 Å². The predicted octanol–water partition coefficient (Wildman–Crippen LogP) is 4.17. The third-order valence-electron chi connectivity index (χ3n) is 4.41. The Kier molecular flexibility index (Phi) is 4.95. The highest BCUT2D eigenvalue weighted by molar-refractivity contribution is 9.10. The fourth-order valence-corrected chi connectivity index (χ4v) is 3.67. The molecule has 1 amide bonds. The number of aryl methyl sites for hydroxylation is 1. The van der Waals surface area contributed by atoms with Gasteiger partial charge in [-0.25, -0.2) is 0 Å². The Morgan fingerprint density at radius 3 is 2.75 bits per heavy atom. The zero-order chi connectivity index (χ0) is 14.9. The van der Waals surface area contributed by atoms with E-state index in [1.54, 1.807) is 0 Å². The summed E-state index contributed by atoms with van der Waals surface area (Å²) in [5.74, 6) is 1.33. The van der Waals surface area contributed by atoms with Crippen molar-refractivity contribution < 1.29 is 4.79 Å². The van der Waals surface area contributed by atoms with E-state index in [0.29, 0.717) is 17.9 Å². The minimum absolute atomic E-state index is 0.176. The molecule has 1 aromatic heterocycles. The average molecular weight is 341 g/mol. The fraction of sp³-hybridized carbons (Fsp3) is 0.688. The molecular weight excluding hydrogens is 316 g/mol. The summed E-state index contributed by atoms with van der Waals surface area (Å²) in [4.78, 5) is 15.0. The van der Waals surface area contributed by atoms with Crippen LogP contribution in [-0.4, -0.2) is 28.0 Å². The van der Waals surface area contributed by atoms with Gasteiger partial charge in [0.15, 0.2) is 0 Å². The SMILES string of the molecule is CCCn1cc(Br)cc1C(=O)N1CC(C)CC(C)C1C. The van der Waals surface area contributed by atoms with E-state index < -0.39 is 0 Å². The summed E-state index contributed by atoms with van der Waals surface area (Å²) in [5, 5.41) is 0. The van der Waals surface area contributed by atoms with Crippen molar-refractivity contribution in [2.75, 3.05) is 6.54 Å². The van der Waals surface area contributed by atoms with Crippen molar-refractivity contribution in [2.45, 2.75) is 53.1 Å². The molecule has 112 valence electrons. The summed E-state index contributed by atoms with van der Waals surface area (Å²) >= 11 is 3.49. The molecule has 20 heavy (non-hydrogen) atoms. The van der Waals surface area contributed by atoms with E-state index in [9.17, 15) is 4.79 Å². The Morgan fingerprint density at radius 1 is 1.40 bits per heavy atom. The quantitative estimate of drug-likeness (QED) is 0.810. The van der Waals surface area contributed by atoms with E-state index in [2.05, 4.69) is 53.1 Å². The lowest BCUT2D eigenvalue weighted by atomic mass is 9.86. The largest absolute Gasteiger partial charge is 0.342 e. The minimum atomic E-state index is 0.176. The fourth-order valence-electron chi connectivity index (χ4n) is 3.21. The van der Waals surface area contributed by atoms with Gasteiger partial charge in [-0.1, -0.05) is 20.8 Å². The zero-order valence-electron chi connectivity index (χ0n) is 12.9. The standard InChI is InChI=1S/C16H25BrN2O/c1-5-6-18-10-14(17)8-15(18)16(20)19-9-11(2)7-12(3)13(19)4/h8,10-13H,5-7,9H2,1-4H3. The van der Waals surface area contributed by atoms with Crippen molar-refractivity contribution in [1.29, 1.82) is 0 Å². The first kappa shape index (κ1) is 15.6. The smallest absolute Gasteiger partial charge is 0.270 e. The maximum atomic E-state index is 12.9. The van der Waals surface area contributed by atoms with Gasteiger partial charge in [0.25, 0.3) is 5.91 Å². The molecule has 0 bridgehead atoms. The van der Waals surface area contributed by atoms with Crippen molar-refractivity contribution >= 4 is 21.8 Å². The van der Waals surface area contributed by atoms with Gasteiger partial charge < -0.3 is 9.47 Å². The highest BCUT2D eigenvalue weighted by Gasteiger charge is 2.33. The van der Waals surface area contributed by atoms with Gasteiger partial charge in [-0.15, -0.1) is 0 Å². The number of rotatable bonds is 3. The normalized spacial score (nSPS) is 26.9. The predicted molar refractivity (Wildman–Crippen MR) is 85.9 cm³/mol. The highest BCUT2D eigenvalue weighted by Crippen LogP contribution is 2.29. The molecule has 0 aromatic carbocycles. The number of piperidine rings is 1. The molecule has 3 atom stereocenters. The monoisotopic (exact) mass is 340 g/mol. The molecule has 0 saturated carbocycles. The van der Waals surface area contributed by atoms with Crippen LogP contribution in [0.3, 0.4) is 0 Å². The van der Waals surface area contributed by atoms with E-state index in [1.165, 1.54) is 6.42 Å². The number of carbonyl (C=O) groups is 1. The second-order valence-electron chi connectivity index (χ2n) is 6.25. The van der Waals surface area contributed by atoms with Crippen LogP contribution >= 0.6 is 15.9 Å². The highest BCUT2D eigenvalue weighted by atomic mass is 79.9. The average Bonchev–Trinajstić information content (AvgIpc) is 2.74. The maximum absolute atomic E-state index is 12.9. The lowest BCUT2D eigenvalue weighted by Gasteiger charge is -2.41. The lowest BCUT2D eigenvalue weighted by molar-refractivity contribution is 0.0445. The van der Waals surface area contributed by atoms with E-state index in [0.717, 1.165) is 29.7 Å². The Labute approximate surface area is 130 Å². The van der Waals surface area contributed by atoms with E-state index in [1.807, 2.05) is 12.3 Å². The second-order valence-corrected chi connectivity index (χ2v) is 7.17. The van der Waals surface area contributed by atoms with Gasteiger partial charge in [-0.3, -0.25) is 4.79 Å². The number of amides is 1. The van der Waals surface area contributed by atoms with E-state index in [4.69, 9.17) is 0 Å². The first-order valence-corrected chi connectivity index (χ1v) is 8.40. The van der Waals surface area contributed by atoms with E-state index >= 15 is 0 Å². The van der Waals surface area contributed by atoms with Crippen molar-refractivity contribution in [1.82, 2.24) is 9.47 Å². The Balaban J connectivity index is 2.26. The minimum Gasteiger partial charge on any atom is -0.342 e. The van der Waals surface area contributed by atoms with Crippen LogP contribution in [0.4, 0.5) is 0 Å². The van der Waals surface area contributed by atoms with Crippen molar-refractivity contribution in [3.05, 3.63) is 22.4 Å². The molecular formula is C16H25BrN2O. The van der Waals surface area contributed by atoms with Crippen molar-refractivity contribution in [3.63, 3.8) is 0 Å². The van der Waals surface area contributed by atoms with Crippen molar-refractivity contribution in [3.8, 4) is 0 Å². The van der Waals surface area contributed by atoms with Crippen LogP contribution in [0.2, 0.25) is 0 Å². The number of aromatic nitrogens is 1. The molecule has 1 fully saturated rings. The summed E-state index contributed by atoms with van der Waals surface area (Å²) < 4.78 is 3.06. The first-order valence-electron chi connectivity index (χ1n) is 7.60. The zero-order valence-corrected chi connectivity index (χ0v) is 14.5. The summed E-state index contributed by atoms with van der Waals surface area (Å²) in [5.41, 5.74) is 0.812. The number of likely N-dealkylation sites (tertiary alicyclic amines) is 1. The van der Waals surface area contributed by atoms with Crippen molar-refractivity contribution in [2.24, 2.45) is 11.8 Å². The molecule has 1 saturated heterocycles. The van der Waals surface area contributed by atoms with Gasteiger partial charge in [-0.05, 0) is 53.6 Å². The Hall–Kier alpha value is -0.770. The number of hydrogen-bond donors (Lipinski definition) is 0. The number of carbonyl (C=O) groups excluding carboxylic acids is 1. The van der Waals surface area contributed by atoms with Crippen LogP contribution in [-0.2, 0) is 6.54 Å². The Morgan fingerprint density at radius 2 is 2.10 bits per heavy atom. The third-order valence-corrected chi connectivity index (χ3v) is 4.84. The number of hydrogen-bond acceptors (Lipinski definition) is 1. The molecule has 2 heterocycles. The van der Waals surface area contributed by atoms with Gasteiger partial charge >= 0.3 is 0 Å². The second kappa shape index (κ2) is 6.33. The van der Waals surface area contributed by atoms with Crippen LogP contribution in [0.15, 0.2) is 16.7 Å².